The molecule has 23 heavy (non-hydrogen) atoms. The summed E-state index contributed by atoms with van der Waals surface area (Å²) in [6.07, 6.45) is 2.63. The fraction of sp³-hybridized carbons (Fsp3) is 0.556. The average Bonchev–Trinajstić information content (AvgIpc) is 3.30. The smallest absolute Gasteiger partial charge is 0.246 e. The molecular formula is C18H24N2O2S. The Bertz CT molecular complexity index is 593. The first-order valence-corrected chi connectivity index (χ1v) is 9.42. The van der Waals surface area contributed by atoms with E-state index in [0.717, 1.165) is 28.5 Å². The van der Waals surface area contributed by atoms with Crippen LogP contribution in [0.4, 0.5) is 5.69 Å². The highest BCUT2D eigenvalue weighted by Gasteiger charge is 2.28. The molecule has 1 saturated heterocycles. The van der Waals surface area contributed by atoms with Gasteiger partial charge >= 0.3 is 0 Å². The molecule has 0 spiro atoms. The Morgan fingerprint density at radius 3 is 2.48 bits per heavy atom. The number of amides is 2. The summed E-state index contributed by atoms with van der Waals surface area (Å²) in [4.78, 5) is 28.2. The van der Waals surface area contributed by atoms with Crippen LogP contribution in [-0.2, 0) is 9.59 Å². The van der Waals surface area contributed by atoms with Crippen LogP contribution >= 0.6 is 11.8 Å². The van der Waals surface area contributed by atoms with Crippen LogP contribution in [0.15, 0.2) is 18.2 Å². The maximum atomic E-state index is 12.4. The van der Waals surface area contributed by atoms with Gasteiger partial charge in [-0.2, -0.15) is 11.8 Å². The number of piperazine rings is 1. The highest BCUT2D eigenvalue weighted by Crippen LogP contribution is 2.32. The van der Waals surface area contributed by atoms with Crippen molar-refractivity contribution in [2.24, 2.45) is 5.92 Å². The molecule has 0 bridgehead atoms. The number of nitrogens with zero attached hydrogens (tertiary/aromatic N) is 2. The second-order valence-electron chi connectivity index (χ2n) is 6.67. The molecule has 1 saturated carbocycles. The molecule has 4 nitrogen and oxygen atoms in total. The van der Waals surface area contributed by atoms with Crippen molar-refractivity contribution >= 4 is 29.3 Å². The van der Waals surface area contributed by atoms with Gasteiger partial charge in [0, 0.05) is 18.8 Å². The predicted octanol–water partition coefficient (Wildman–Crippen LogP) is 2.62. The second-order valence-corrected chi connectivity index (χ2v) is 7.70. The highest BCUT2D eigenvalue weighted by molar-refractivity contribution is 7.99. The lowest BCUT2D eigenvalue weighted by atomic mass is 10.1. The van der Waals surface area contributed by atoms with Crippen LogP contribution in [0.1, 0.15) is 24.0 Å². The summed E-state index contributed by atoms with van der Waals surface area (Å²) in [5.41, 5.74) is 3.26. The number of thioether (sulfide) groups is 1. The lowest BCUT2D eigenvalue weighted by Crippen LogP contribution is -2.53. The fourth-order valence-electron chi connectivity index (χ4n) is 2.95. The Kier molecular flexibility index (Phi) is 4.95. The Hall–Kier alpha value is -1.49. The summed E-state index contributed by atoms with van der Waals surface area (Å²) < 4.78 is 0. The van der Waals surface area contributed by atoms with E-state index in [2.05, 4.69) is 6.07 Å². The van der Waals surface area contributed by atoms with Crippen LogP contribution < -0.4 is 4.90 Å². The number of carbonyl (C=O) groups is 2. The number of hydrogen-bond acceptors (Lipinski definition) is 3. The molecule has 0 aromatic heterocycles. The van der Waals surface area contributed by atoms with Crippen molar-refractivity contribution in [3.63, 3.8) is 0 Å². The topological polar surface area (TPSA) is 40.6 Å². The lowest BCUT2D eigenvalue weighted by Gasteiger charge is -2.34. The first-order chi connectivity index (χ1) is 11.0. The van der Waals surface area contributed by atoms with Gasteiger partial charge in [-0.05, 0) is 61.6 Å². The SMILES string of the molecule is Cc1cc(C)cc(N2CCN(C(=O)CSCC3CC3)CC2=O)c1. The summed E-state index contributed by atoms with van der Waals surface area (Å²) >= 11 is 1.71. The van der Waals surface area contributed by atoms with E-state index < -0.39 is 0 Å². The van der Waals surface area contributed by atoms with Gasteiger partial charge in [0.1, 0.15) is 6.54 Å². The zero-order valence-electron chi connectivity index (χ0n) is 13.9. The van der Waals surface area contributed by atoms with Crippen molar-refractivity contribution in [3.05, 3.63) is 29.3 Å². The molecular weight excluding hydrogens is 308 g/mol. The fourth-order valence-corrected chi connectivity index (χ4v) is 4.10. The van der Waals surface area contributed by atoms with E-state index in [-0.39, 0.29) is 18.4 Å². The van der Waals surface area contributed by atoms with Crippen molar-refractivity contribution in [2.45, 2.75) is 26.7 Å². The number of hydrogen-bond donors (Lipinski definition) is 0. The second kappa shape index (κ2) is 6.95. The largest absolute Gasteiger partial charge is 0.331 e. The predicted molar refractivity (Wildman–Crippen MR) is 94.9 cm³/mol. The monoisotopic (exact) mass is 332 g/mol. The lowest BCUT2D eigenvalue weighted by molar-refractivity contribution is -0.134. The third kappa shape index (κ3) is 4.28. The number of benzene rings is 1. The molecule has 0 unspecified atom stereocenters. The molecule has 5 heteroatoms. The maximum absolute atomic E-state index is 12.4. The zero-order valence-corrected chi connectivity index (χ0v) is 14.7. The molecule has 0 radical (unpaired) electrons. The van der Waals surface area contributed by atoms with E-state index in [9.17, 15) is 9.59 Å². The third-order valence-electron chi connectivity index (χ3n) is 4.37. The molecule has 1 aromatic carbocycles. The summed E-state index contributed by atoms with van der Waals surface area (Å²) in [7, 11) is 0. The Morgan fingerprint density at radius 2 is 1.87 bits per heavy atom. The van der Waals surface area contributed by atoms with Gasteiger partial charge in [0.2, 0.25) is 11.8 Å². The van der Waals surface area contributed by atoms with E-state index in [1.165, 1.54) is 12.8 Å². The average molecular weight is 332 g/mol. The van der Waals surface area contributed by atoms with E-state index in [1.54, 1.807) is 21.6 Å². The van der Waals surface area contributed by atoms with Crippen LogP contribution in [-0.4, -0.2) is 47.9 Å². The zero-order chi connectivity index (χ0) is 16.4. The van der Waals surface area contributed by atoms with E-state index >= 15 is 0 Å². The van der Waals surface area contributed by atoms with E-state index in [4.69, 9.17) is 0 Å². The van der Waals surface area contributed by atoms with E-state index in [0.29, 0.717) is 18.8 Å². The molecule has 1 aromatic rings. The van der Waals surface area contributed by atoms with Gasteiger partial charge in [0.05, 0.1) is 5.75 Å². The van der Waals surface area contributed by atoms with Crippen LogP contribution in [0, 0.1) is 19.8 Å². The van der Waals surface area contributed by atoms with Crippen LogP contribution in [0.5, 0.6) is 0 Å². The third-order valence-corrected chi connectivity index (χ3v) is 5.53. The van der Waals surface area contributed by atoms with Crippen molar-refractivity contribution in [3.8, 4) is 0 Å². The molecule has 1 aliphatic carbocycles. The normalized spacial score (nSPS) is 18.4. The Labute approximate surface area is 142 Å². The summed E-state index contributed by atoms with van der Waals surface area (Å²) in [5.74, 6) is 2.54. The minimum absolute atomic E-state index is 0.0155. The molecule has 1 heterocycles. The van der Waals surface area contributed by atoms with Gasteiger partial charge in [-0.1, -0.05) is 6.07 Å². The number of carbonyl (C=O) groups excluding carboxylic acids is 2. The van der Waals surface area contributed by atoms with Crippen molar-refractivity contribution < 1.29 is 9.59 Å². The van der Waals surface area contributed by atoms with Gasteiger partial charge < -0.3 is 9.80 Å². The molecule has 0 atom stereocenters. The minimum Gasteiger partial charge on any atom is -0.331 e. The quantitative estimate of drug-likeness (QED) is 0.832. The summed E-state index contributed by atoms with van der Waals surface area (Å²) in [6, 6.07) is 6.17. The maximum Gasteiger partial charge on any atom is 0.246 e. The molecule has 2 amide bonds. The van der Waals surface area contributed by atoms with Crippen molar-refractivity contribution in [1.82, 2.24) is 4.90 Å². The number of aryl methyl sites for hydroxylation is 2. The van der Waals surface area contributed by atoms with Crippen LogP contribution in [0.2, 0.25) is 0 Å². The molecule has 124 valence electrons. The van der Waals surface area contributed by atoms with Crippen molar-refractivity contribution in [1.29, 1.82) is 0 Å². The molecule has 0 N–H and O–H groups in total. The standard InChI is InChI=1S/C18H24N2O2S/c1-13-7-14(2)9-16(8-13)20-6-5-19(10-17(20)21)18(22)12-23-11-15-3-4-15/h7-9,15H,3-6,10-12H2,1-2H3. The summed E-state index contributed by atoms with van der Waals surface area (Å²) in [5, 5.41) is 0. The Balaban J connectivity index is 1.55. The summed E-state index contributed by atoms with van der Waals surface area (Å²) in [6.45, 7) is 5.49. The van der Waals surface area contributed by atoms with E-state index in [1.807, 2.05) is 26.0 Å². The van der Waals surface area contributed by atoms with Crippen LogP contribution in [0.25, 0.3) is 0 Å². The van der Waals surface area contributed by atoms with Gasteiger partial charge in [-0.3, -0.25) is 9.59 Å². The Morgan fingerprint density at radius 1 is 1.17 bits per heavy atom. The van der Waals surface area contributed by atoms with Gasteiger partial charge in [-0.25, -0.2) is 0 Å². The first kappa shape index (κ1) is 16.4. The van der Waals surface area contributed by atoms with Gasteiger partial charge in [0.25, 0.3) is 0 Å². The molecule has 2 fully saturated rings. The number of rotatable bonds is 5. The highest BCUT2D eigenvalue weighted by atomic mass is 32.2. The van der Waals surface area contributed by atoms with Crippen molar-refractivity contribution in [2.75, 3.05) is 36.0 Å². The molecule has 2 aliphatic rings. The van der Waals surface area contributed by atoms with Gasteiger partial charge in [0.15, 0.2) is 0 Å². The number of anilines is 1. The molecule has 1 aliphatic heterocycles. The molecule has 3 rings (SSSR count). The minimum atomic E-state index is 0.0155. The first-order valence-electron chi connectivity index (χ1n) is 8.27. The van der Waals surface area contributed by atoms with Gasteiger partial charge in [-0.15, -0.1) is 0 Å². The van der Waals surface area contributed by atoms with Crippen LogP contribution in [0.3, 0.4) is 0 Å².